The van der Waals surface area contributed by atoms with Crippen LogP contribution in [0.25, 0.3) is 0 Å². The van der Waals surface area contributed by atoms with Crippen molar-refractivity contribution in [3.63, 3.8) is 0 Å². The van der Waals surface area contributed by atoms with Gasteiger partial charge in [-0.05, 0) is 35.0 Å². The van der Waals surface area contributed by atoms with Gasteiger partial charge in [0, 0.05) is 18.4 Å². The van der Waals surface area contributed by atoms with Crippen molar-refractivity contribution >= 4 is 27.6 Å². The molecule has 0 bridgehead atoms. The maximum atomic E-state index is 11.1. The number of pyridine rings is 1. The van der Waals surface area contributed by atoms with Crippen LogP contribution in [0.2, 0.25) is 0 Å². The second-order valence-corrected chi connectivity index (χ2v) is 3.16. The number of hydrogen-bond acceptors (Lipinski definition) is 2. The smallest absolute Gasteiger partial charge is 0.319 e. The van der Waals surface area contributed by atoms with Crippen molar-refractivity contribution in [2.45, 2.75) is 6.92 Å². The van der Waals surface area contributed by atoms with Crippen molar-refractivity contribution in [3.05, 3.63) is 22.9 Å². The summed E-state index contributed by atoms with van der Waals surface area (Å²) in [4.78, 5) is 15.0. The van der Waals surface area contributed by atoms with E-state index in [0.717, 1.165) is 0 Å². The lowest BCUT2D eigenvalue weighted by Crippen LogP contribution is -2.28. The highest BCUT2D eigenvalue weighted by molar-refractivity contribution is 9.10. The molecule has 0 radical (unpaired) electrons. The monoisotopic (exact) mass is 243 g/mol. The van der Waals surface area contributed by atoms with Gasteiger partial charge in [-0.25, -0.2) is 9.78 Å². The van der Waals surface area contributed by atoms with Crippen LogP contribution in [0.5, 0.6) is 0 Å². The molecule has 0 unspecified atom stereocenters. The summed E-state index contributed by atoms with van der Waals surface area (Å²) in [5.74, 6) is 0. The molecule has 0 aliphatic carbocycles. The Bertz CT molecular complexity index is 303. The minimum Gasteiger partial charge on any atom is -0.338 e. The molecule has 0 saturated carbocycles. The lowest BCUT2D eigenvalue weighted by atomic mass is 10.4. The zero-order valence-corrected chi connectivity index (χ0v) is 8.76. The number of anilines is 1. The predicted octanol–water partition coefficient (Wildman–Crippen LogP) is 1.99. The lowest BCUT2D eigenvalue weighted by Gasteiger charge is -2.04. The van der Waals surface area contributed by atoms with Crippen LogP contribution in [-0.4, -0.2) is 17.6 Å². The Morgan fingerprint density at radius 1 is 1.69 bits per heavy atom. The van der Waals surface area contributed by atoms with E-state index in [1.807, 2.05) is 6.92 Å². The standard InChI is InChI=1S/C8H10BrN3O/c1-2-10-8(13)12-6-3-4-11-7(9)5-6/h3-5H,2H2,1H3,(H2,10,11,12,13). The quantitative estimate of drug-likeness (QED) is 0.781. The van der Waals surface area contributed by atoms with Crippen molar-refractivity contribution in [3.8, 4) is 0 Å². The summed E-state index contributed by atoms with van der Waals surface area (Å²) < 4.78 is 0.696. The van der Waals surface area contributed by atoms with E-state index >= 15 is 0 Å². The number of nitrogens with one attached hydrogen (secondary N) is 2. The molecule has 1 rings (SSSR count). The third-order valence-electron chi connectivity index (χ3n) is 1.32. The highest BCUT2D eigenvalue weighted by Crippen LogP contribution is 2.11. The number of rotatable bonds is 2. The zero-order valence-electron chi connectivity index (χ0n) is 7.17. The topological polar surface area (TPSA) is 54.0 Å². The Kier molecular flexibility index (Phi) is 3.70. The molecule has 2 N–H and O–H groups in total. The normalized spacial score (nSPS) is 9.38. The molecule has 0 saturated heterocycles. The summed E-state index contributed by atoms with van der Waals surface area (Å²) in [6.07, 6.45) is 1.62. The Morgan fingerprint density at radius 3 is 3.08 bits per heavy atom. The second kappa shape index (κ2) is 4.81. The first-order valence-electron chi connectivity index (χ1n) is 3.88. The number of aromatic nitrogens is 1. The van der Waals surface area contributed by atoms with Gasteiger partial charge < -0.3 is 10.6 Å². The minimum absolute atomic E-state index is 0.208. The molecule has 1 heterocycles. The molecule has 0 aliphatic heterocycles. The summed E-state index contributed by atoms with van der Waals surface area (Å²) in [6.45, 7) is 2.47. The first kappa shape index (κ1) is 9.98. The first-order valence-corrected chi connectivity index (χ1v) is 4.68. The van der Waals surface area contributed by atoms with Crippen LogP contribution in [-0.2, 0) is 0 Å². The average Bonchev–Trinajstić information content (AvgIpc) is 2.04. The highest BCUT2D eigenvalue weighted by Gasteiger charge is 1.99. The minimum atomic E-state index is -0.208. The summed E-state index contributed by atoms with van der Waals surface area (Å²) >= 11 is 3.21. The predicted molar refractivity (Wildman–Crippen MR) is 54.6 cm³/mol. The molecule has 70 valence electrons. The molecular weight excluding hydrogens is 234 g/mol. The van der Waals surface area contributed by atoms with Crippen molar-refractivity contribution in [1.82, 2.24) is 10.3 Å². The third kappa shape index (κ3) is 3.42. The van der Waals surface area contributed by atoms with Crippen molar-refractivity contribution in [1.29, 1.82) is 0 Å². The second-order valence-electron chi connectivity index (χ2n) is 2.35. The van der Waals surface area contributed by atoms with Crippen molar-refractivity contribution in [2.24, 2.45) is 0 Å². The summed E-state index contributed by atoms with van der Waals surface area (Å²) in [6, 6.07) is 3.25. The van der Waals surface area contributed by atoms with Gasteiger partial charge in [0.15, 0.2) is 0 Å². The van der Waals surface area contributed by atoms with E-state index in [0.29, 0.717) is 16.8 Å². The fraction of sp³-hybridized carbons (Fsp3) is 0.250. The van der Waals surface area contributed by atoms with Gasteiger partial charge in [-0.1, -0.05) is 0 Å². The first-order chi connectivity index (χ1) is 6.22. The Morgan fingerprint density at radius 2 is 2.46 bits per heavy atom. The van der Waals surface area contributed by atoms with E-state index in [-0.39, 0.29) is 6.03 Å². The molecule has 4 nitrogen and oxygen atoms in total. The van der Waals surface area contributed by atoms with E-state index in [1.165, 1.54) is 0 Å². The molecule has 2 amide bonds. The molecule has 0 spiro atoms. The molecule has 0 fully saturated rings. The number of hydrogen-bond donors (Lipinski definition) is 2. The number of carbonyl (C=O) groups excluding carboxylic acids is 1. The Labute approximate surface area is 84.9 Å². The van der Waals surface area contributed by atoms with Gasteiger partial charge in [0.1, 0.15) is 4.60 Å². The SMILES string of the molecule is CCNC(=O)Nc1ccnc(Br)c1. The van der Waals surface area contributed by atoms with E-state index in [4.69, 9.17) is 0 Å². The number of urea groups is 1. The largest absolute Gasteiger partial charge is 0.338 e. The van der Waals surface area contributed by atoms with E-state index < -0.39 is 0 Å². The zero-order chi connectivity index (χ0) is 9.68. The van der Waals surface area contributed by atoms with Gasteiger partial charge in [-0.15, -0.1) is 0 Å². The fourth-order valence-electron chi connectivity index (χ4n) is 0.816. The molecule has 1 aromatic heterocycles. The molecule has 0 aliphatic rings. The molecular formula is C8H10BrN3O. The molecule has 0 atom stereocenters. The Balaban J connectivity index is 2.58. The van der Waals surface area contributed by atoms with Crippen molar-refractivity contribution < 1.29 is 4.79 Å². The van der Waals surface area contributed by atoms with Crippen molar-refractivity contribution in [2.75, 3.05) is 11.9 Å². The number of halogens is 1. The van der Waals surface area contributed by atoms with Gasteiger partial charge >= 0.3 is 6.03 Å². The number of carbonyl (C=O) groups is 1. The maximum Gasteiger partial charge on any atom is 0.319 e. The number of nitrogens with zero attached hydrogens (tertiary/aromatic N) is 1. The molecule has 0 aromatic carbocycles. The van der Waals surface area contributed by atoms with Crippen LogP contribution >= 0.6 is 15.9 Å². The van der Waals surface area contributed by atoms with E-state index in [1.54, 1.807) is 18.3 Å². The van der Waals surface area contributed by atoms with Crippen LogP contribution in [0.4, 0.5) is 10.5 Å². The Hall–Kier alpha value is -1.10. The third-order valence-corrected chi connectivity index (χ3v) is 1.76. The lowest BCUT2D eigenvalue weighted by molar-refractivity contribution is 0.252. The number of amides is 2. The van der Waals surface area contributed by atoms with Gasteiger partial charge in [-0.2, -0.15) is 0 Å². The van der Waals surface area contributed by atoms with E-state index in [2.05, 4.69) is 31.5 Å². The van der Waals surface area contributed by atoms with Gasteiger partial charge in [0.2, 0.25) is 0 Å². The van der Waals surface area contributed by atoms with Crippen LogP contribution in [0, 0.1) is 0 Å². The summed E-state index contributed by atoms with van der Waals surface area (Å²) in [5, 5.41) is 5.29. The van der Waals surface area contributed by atoms with Crippen LogP contribution < -0.4 is 10.6 Å². The molecule has 5 heteroatoms. The summed E-state index contributed by atoms with van der Waals surface area (Å²) in [7, 11) is 0. The summed E-state index contributed by atoms with van der Waals surface area (Å²) in [5.41, 5.74) is 0.716. The van der Waals surface area contributed by atoms with Crippen LogP contribution in [0.3, 0.4) is 0 Å². The maximum absolute atomic E-state index is 11.1. The van der Waals surface area contributed by atoms with E-state index in [9.17, 15) is 4.79 Å². The molecule has 13 heavy (non-hydrogen) atoms. The van der Waals surface area contributed by atoms with Gasteiger partial charge in [0.05, 0.1) is 0 Å². The average molecular weight is 244 g/mol. The molecule has 1 aromatic rings. The van der Waals surface area contributed by atoms with Gasteiger partial charge in [-0.3, -0.25) is 0 Å². The highest BCUT2D eigenvalue weighted by atomic mass is 79.9. The van der Waals surface area contributed by atoms with Crippen LogP contribution in [0.15, 0.2) is 22.9 Å². The van der Waals surface area contributed by atoms with Gasteiger partial charge in [0.25, 0.3) is 0 Å². The fourth-order valence-corrected chi connectivity index (χ4v) is 1.18. The van der Waals surface area contributed by atoms with Crippen LogP contribution in [0.1, 0.15) is 6.92 Å².